The van der Waals surface area contributed by atoms with Crippen LogP contribution in [0.3, 0.4) is 0 Å². The highest BCUT2D eigenvalue weighted by atomic mass is 35.5. The molecule has 2 aromatic heterocycles. The first-order valence-electron chi connectivity index (χ1n) is 5.41. The first-order valence-corrected chi connectivity index (χ1v) is 6.60. The summed E-state index contributed by atoms with van der Waals surface area (Å²) in [7, 11) is 0. The van der Waals surface area contributed by atoms with Gasteiger partial charge in [0.2, 0.25) is 0 Å². The molecular formula is C13H12ClNOS. The van der Waals surface area contributed by atoms with Crippen molar-refractivity contribution in [2.24, 2.45) is 0 Å². The van der Waals surface area contributed by atoms with Crippen molar-refractivity contribution in [2.45, 2.75) is 19.8 Å². The second-order valence-electron chi connectivity index (χ2n) is 3.69. The van der Waals surface area contributed by atoms with Gasteiger partial charge in [0.1, 0.15) is 0 Å². The van der Waals surface area contributed by atoms with Gasteiger partial charge in [0, 0.05) is 29.3 Å². The Labute approximate surface area is 109 Å². The van der Waals surface area contributed by atoms with Crippen LogP contribution in [0.1, 0.15) is 27.7 Å². The zero-order valence-corrected chi connectivity index (χ0v) is 11.0. The van der Waals surface area contributed by atoms with Gasteiger partial charge in [-0.1, -0.05) is 18.5 Å². The van der Waals surface area contributed by atoms with Gasteiger partial charge in [0.05, 0.1) is 4.34 Å². The number of pyridine rings is 1. The summed E-state index contributed by atoms with van der Waals surface area (Å²) in [6, 6.07) is 5.51. The van der Waals surface area contributed by atoms with E-state index in [1.54, 1.807) is 18.5 Å². The Kier molecular flexibility index (Phi) is 3.92. The number of carbonyl (C=O) groups excluding carboxylic acids is 1. The summed E-state index contributed by atoms with van der Waals surface area (Å²) in [5, 5.41) is 0. The van der Waals surface area contributed by atoms with Crippen LogP contribution in [0.25, 0.3) is 0 Å². The maximum Gasteiger partial charge on any atom is 0.168 e. The van der Waals surface area contributed by atoms with E-state index in [4.69, 9.17) is 11.6 Å². The molecule has 0 saturated heterocycles. The lowest BCUT2D eigenvalue weighted by atomic mass is 10.0. The molecule has 0 amide bonds. The molecular weight excluding hydrogens is 254 g/mol. The van der Waals surface area contributed by atoms with E-state index in [-0.39, 0.29) is 5.78 Å². The van der Waals surface area contributed by atoms with Gasteiger partial charge in [-0.2, -0.15) is 0 Å². The number of hydrogen-bond donors (Lipinski definition) is 0. The summed E-state index contributed by atoms with van der Waals surface area (Å²) in [6.07, 6.45) is 4.65. The highest BCUT2D eigenvalue weighted by Gasteiger charge is 2.12. The zero-order chi connectivity index (χ0) is 12.3. The maximum absolute atomic E-state index is 12.1. The number of halogens is 1. The first-order chi connectivity index (χ1) is 8.20. The number of ketones is 1. The normalized spacial score (nSPS) is 10.5. The second kappa shape index (κ2) is 5.43. The van der Waals surface area contributed by atoms with Gasteiger partial charge in [-0.05, 0) is 30.2 Å². The number of nitrogens with zero attached hydrogens (tertiary/aromatic N) is 1. The molecule has 0 aliphatic heterocycles. The molecule has 0 saturated carbocycles. The van der Waals surface area contributed by atoms with Crippen molar-refractivity contribution in [3.63, 3.8) is 0 Å². The second-order valence-corrected chi connectivity index (χ2v) is 5.49. The van der Waals surface area contributed by atoms with Crippen LogP contribution in [0.15, 0.2) is 30.6 Å². The Morgan fingerprint density at radius 1 is 1.41 bits per heavy atom. The number of rotatable bonds is 4. The minimum absolute atomic E-state index is 0.128. The Morgan fingerprint density at radius 3 is 2.88 bits per heavy atom. The van der Waals surface area contributed by atoms with E-state index in [0.717, 1.165) is 26.8 Å². The van der Waals surface area contributed by atoms with E-state index < -0.39 is 0 Å². The van der Waals surface area contributed by atoms with Crippen molar-refractivity contribution in [1.29, 1.82) is 0 Å². The van der Waals surface area contributed by atoms with Crippen molar-refractivity contribution in [3.8, 4) is 0 Å². The molecule has 0 spiro atoms. The highest BCUT2D eigenvalue weighted by molar-refractivity contribution is 7.16. The van der Waals surface area contributed by atoms with E-state index in [2.05, 4.69) is 4.98 Å². The molecule has 0 aliphatic carbocycles. The van der Waals surface area contributed by atoms with Crippen LogP contribution in [-0.4, -0.2) is 10.8 Å². The molecule has 0 unspecified atom stereocenters. The van der Waals surface area contributed by atoms with E-state index in [1.165, 1.54) is 11.3 Å². The Morgan fingerprint density at radius 2 is 2.24 bits per heavy atom. The smallest absolute Gasteiger partial charge is 0.168 e. The number of hydrogen-bond acceptors (Lipinski definition) is 3. The molecule has 2 heterocycles. The van der Waals surface area contributed by atoms with E-state index in [0.29, 0.717) is 6.42 Å². The lowest BCUT2D eigenvalue weighted by Crippen LogP contribution is -2.06. The highest BCUT2D eigenvalue weighted by Crippen LogP contribution is 2.23. The summed E-state index contributed by atoms with van der Waals surface area (Å²) < 4.78 is 0.721. The molecule has 2 nitrogen and oxygen atoms in total. The van der Waals surface area contributed by atoms with E-state index in [9.17, 15) is 4.79 Å². The van der Waals surface area contributed by atoms with Crippen LogP contribution in [0, 0.1) is 0 Å². The summed E-state index contributed by atoms with van der Waals surface area (Å²) in [6.45, 7) is 2.02. The standard InChI is InChI=1S/C13H12ClNOS/c1-2-9-8-15-6-5-11(9)12(16)7-10-3-4-13(14)17-10/h3-6,8H,2,7H2,1H3. The fourth-order valence-corrected chi connectivity index (χ4v) is 2.77. The third-order valence-corrected chi connectivity index (χ3v) is 3.78. The van der Waals surface area contributed by atoms with Crippen molar-refractivity contribution in [3.05, 3.63) is 50.9 Å². The monoisotopic (exact) mass is 265 g/mol. The van der Waals surface area contributed by atoms with Gasteiger partial charge in [0.25, 0.3) is 0 Å². The van der Waals surface area contributed by atoms with Crippen LogP contribution in [0.2, 0.25) is 4.34 Å². The average Bonchev–Trinajstić information content (AvgIpc) is 2.74. The minimum atomic E-state index is 0.128. The maximum atomic E-state index is 12.1. The summed E-state index contributed by atoms with van der Waals surface area (Å²) in [5.41, 5.74) is 1.77. The van der Waals surface area contributed by atoms with E-state index >= 15 is 0 Å². The minimum Gasteiger partial charge on any atom is -0.294 e. The number of carbonyl (C=O) groups is 1. The van der Waals surface area contributed by atoms with Crippen molar-refractivity contribution in [1.82, 2.24) is 4.98 Å². The summed E-state index contributed by atoms with van der Waals surface area (Å²) in [4.78, 5) is 17.2. The van der Waals surface area contributed by atoms with Crippen molar-refractivity contribution >= 4 is 28.7 Å². The molecule has 0 atom stereocenters. The van der Waals surface area contributed by atoms with Crippen LogP contribution in [0.4, 0.5) is 0 Å². The third-order valence-electron chi connectivity index (χ3n) is 2.55. The molecule has 0 aliphatic rings. The Bertz CT molecular complexity index is 536. The molecule has 88 valence electrons. The lowest BCUT2D eigenvalue weighted by molar-refractivity contribution is 0.0993. The largest absolute Gasteiger partial charge is 0.294 e. The average molecular weight is 266 g/mol. The molecule has 0 aromatic carbocycles. The van der Waals surface area contributed by atoms with Crippen LogP contribution in [-0.2, 0) is 12.8 Å². The summed E-state index contributed by atoms with van der Waals surface area (Å²) in [5.74, 6) is 0.128. The molecule has 2 aromatic rings. The predicted octanol–water partition coefficient (Wildman–Crippen LogP) is 3.78. The van der Waals surface area contributed by atoms with Crippen molar-refractivity contribution < 1.29 is 4.79 Å². The number of aromatic nitrogens is 1. The van der Waals surface area contributed by atoms with Gasteiger partial charge >= 0.3 is 0 Å². The molecule has 0 N–H and O–H groups in total. The van der Waals surface area contributed by atoms with Gasteiger partial charge in [0.15, 0.2) is 5.78 Å². The molecule has 0 bridgehead atoms. The lowest BCUT2D eigenvalue weighted by Gasteiger charge is -2.04. The zero-order valence-electron chi connectivity index (χ0n) is 9.44. The fraction of sp³-hybridized carbons (Fsp3) is 0.231. The predicted molar refractivity (Wildman–Crippen MR) is 71.0 cm³/mol. The van der Waals surface area contributed by atoms with Crippen LogP contribution >= 0.6 is 22.9 Å². The van der Waals surface area contributed by atoms with E-state index in [1.807, 2.05) is 19.1 Å². The Balaban J connectivity index is 2.20. The van der Waals surface area contributed by atoms with Gasteiger partial charge in [-0.25, -0.2) is 0 Å². The third kappa shape index (κ3) is 2.93. The van der Waals surface area contributed by atoms with Crippen LogP contribution in [0.5, 0.6) is 0 Å². The molecule has 0 radical (unpaired) electrons. The van der Waals surface area contributed by atoms with Crippen molar-refractivity contribution in [2.75, 3.05) is 0 Å². The molecule has 0 fully saturated rings. The van der Waals surface area contributed by atoms with Gasteiger partial charge in [-0.15, -0.1) is 11.3 Å². The first kappa shape index (κ1) is 12.3. The van der Waals surface area contributed by atoms with Gasteiger partial charge < -0.3 is 0 Å². The number of thiophene rings is 1. The number of aryl methyl sites for hydroxylation is 1. The topological polar surface area (TPSA) is 30.0 Å². The summed E-state index contributed by atoms with van der Waals surface area (Å²) >= 11 is 7.30. The fourth-order valence-electron chi connectivity index (χ4n) is 1.68. The van der Waals surface area contributed by atoms with Gasteiger partial charge in [-0.3, -0.25) is 9.78 Å². The molecule has 2 rings (SSSR count). The number of Topliss-reactive ketones (excluding diaryl/α,β-unsaturated/α-hetero) is 1. The quantitative estimate of drug-likeness (QED) is 0.788. The van der Waals surface area contributed by atoms with Crippen LogP contribution < -0.4 is 0 Å². The molecule has 4 heteroatoms. The molecule has 17 heavy (non-hydrogen) atoms. The SMILES string of the molecule is CCc1cnccc1C(=O)Cc1ccc(Cl)s1. The Hall–Kier alpha value is -1.19.